The van der Waals surface area contributed by atoms with Gasteiger partial charge in [0.05, 0.1) is 13.0 Å². The first-order chi connectivity index (χ1) is 7.24. The van der Waals surface area contributed by atoms with Gasteiger partial charge in [-0.3, -0.25) is 4.79 Å². The van der Waals surface area contributed by atoms with Crippen LogP contribution in [0.5, 0.6) is 5.75 Å². The smallest absolute Gasteiger partial charge is 0.303 e. The third kappa shape index (κ3) is 5.42. The summed E-state index contributed by atoms with van der Waals surface area (Å²) in [6, 6.07) is 1.88. The van der Waals surface area contributed by atoms with Gasteiger partial charge < -0.3 is 9.84 Å². The Kier molecular flexibility index (Phi) is 7.72. The highest BCUT2D eigenvalue weighted by atomic mass is 32.1. The largest absolute Gasteiger partial charge is 0.493 e. The Morgan fingerprint density at radius 1 is 1.53 bits per heavy atom. The van der Waals surface area contributed by atoms with Crippen LogP contribution in [0.4, 0.5) is 0 Å². The van der Waals surface area contributed by atoms with Gasteiger partial charge in [0.2, 0.25) is 0 Å². The van der Waals surface area contributed by atoms with E-state index < -0.39 is 5.97 Å². The Hall–Kier alpha value is -1.03. The van der Waals surface area contributed by atoms with Crippen LogP contribution in [-0.2, 0) is 11.2 Å². The first-order valence-corrected chi connectivity index (χ1v) is 6.03. The van der Waals surface area contributed by atoms with Crippen molar-refractivity contribution in [3.63, 3.8) is 0 Å². The highest BCUT2D eigenvalue weighted by Gasteiger charge is 2.06. The molecule has 0 atom stereocenters. The number of aryl methyl sites for hydroxylation is 1. The Morgan fingerprint density at radius 2 is 2.20 bits per heavy atom. The molecule has 0 bridgehead atoms. The molecule has 0 spiro atoms. The first kappa shape index (κ1) is 14.0. The maximum absolute atomic E-state index is 10.3. The monoisotopic (exact) mass is 230 g/mol. The van der Waals surface area contributed by atoms with Crippen molar-refractivity contribution in [3.05, 3.63) is 16.3 Å². The van der Waals surface area contributed by atoms with Gasteiger partial charge in [0.25, 0.3) is 0 Å². The second kappa shape index (κ2) is 8.29. The lowest BCUT2D eigenvalue weighted by atomic mass is 10.2. The minimum atomic E-state index is -0.768. The molecule has 0 aliphatic carbocycles. The fraction of sp³-hybridized carbons (Fsp3) is 0.545. The summed E-state index contributed by atoms with van der Waals surface area (Å²) >= 11 is 1.54. The van der Waals surface area contributed by atoms with Gasteiger partial charge in [-0.2, -0.15) is 0 Å². The number of rotatable bonds is 5. The van der Waals surface area contributed by atoms with E-state index in [4.69, 9.17) is 9.84 Å². The molecule has 86 valence electrons. The third-order valence-corrected chi connectivity index (χ3v) is 2.53. The molecule has 0 aliphatic heterocycles. The number of carboxylic acid groups (broad SMARTS) is 1. The molecule has 1 N–H and O–H groups in total. The number of aliphatic carboxylic acids is 1. The number of hydrogen-bond acceptors (Lipinski definition) is 3. The van der Waals surface area contributed by atoms with Gasteiger partial charge in [0.15, 0.2) is 0 Å². The molecule has 0 aromatic carbocycles. The predicted octanol–water partition coefficient (Wildman–Crippen LogP) is 3.19. The van der Waals surface area contributed by atoms with Gasteiger partial charge in [-0.05, 0) is 24.8 Å². The number of carbonyl (C=O) groups is 1. The molecule has 1 aromatic rings. The SMILES string of the molecule is CC.CCOc1ccsc1CCC(=O)O. The Bertz CT molecular complexity index is 281. The summed E-state index contributed by atoms with van der Waals surface area (Å²) in [5, 5.41) is 10.4. The standard InChI is InChI=1S/C9H12O3S.C2H6/c1-2-12-7-5-6-13-8(7)3-4-9(10)11;1-2/h5-6H,2-4H2,1H3,(H,10,11);1-2H3. The van der Waals surface area contributed by atoms with Crippen LogP contribution in [0, 0.1) is 0 Å². The second-order valence-corrected chi connectivity index (χ2v) is 3.54. The molecular weight excluding hydrogens is 212 g/mol. The summed E-state index contributed by atoms with van der Waals surface area (Å²) in [7, 11) is 0. The van der Waals surface area contributed by atoms with E-state index in [0.29, 0.717) is 13.0 Å². The zero-order valence-electron chi connectivity index (χ0n) is 9.45. The van der Waals surface area contributed by atoms with Crippen molar-refractivity contribution in [1.29, 1.82) is 0 Å². The highest BCUT2D eigenvalue weighted by molar-refractivity contribution is 7.10. The molecule has 0 saturated heterocycles. The van der Waals surface area contributed by atoms with Crippen LogP contribution in [0.15, 0.2) is 11.4 Å². The van der Waals surface area contributed by atoms with Crippen LogP contribution in [0.3, 0.4) is 0 Å². The average molecular weight is 230 g/mol. The summed E-state index contributed by atoms with van der Waals surface area (Å²) in [4.78, 5) is 11.3. The van der Waals surface area contributed by atoms with E-state index in [1.807, 2.05) is 32.2 Å². The van der Waals surface area contributed by atoms with Crippen molar-refractivity contribution >= 4 is 17.3 Å². The van der Waals surface area contributed by atoms with E-state index in [2.05, 4.69) is 0 Å². The predicted molar refractivity (Wildman–Crippen MR) is 62.8 cm³/mol. The van der Waals surface area contributed by atoms with Crippen LogP contribution < -0.4 is 4.74 Å². The number of carboxylic acids is 1. The third-order valence-electron chi connectivity index (χ3n) is 1.57. The maximum atomic E-state index is 10.3. The molecule has 0 amide bonds. The molecule has 1 aromatic heterocycles. The minimum absolute atomic E-state index is 0.167. The van der Waals surface area contributed by atoms with Crippen molar-refractivity contribution in [1.82, 2.24) is 0 Å². The lowest BCUT2D eigenvalue weighted by Crippen LogP contribution is -1.98. The zero-order chi connectivity index (χ0) is 11.7. The summed E-state index contributed by atoms with van der Waals surface area (Å²) < 4.78 is 5.33. The lowest BCUT2D eigenvalue weighted by molar-refractivity contribution is -0.136. The molecule has 4 heteroatoms. The molecule has 15 heavy (non-hydrogen) atoms. The number of ether oxygens (including phenoxy) is 1. The van der Waals surface area contributed by atoms with E-state index in [1.54, 1.807) is 11.3 Å². The molecule has 0 saturated carbocycles. The zero-order valence-corrected chi connectivity index (χ0v) is 10.3. The van der Waals surface area contributed by atoms with E-state index in [1.165, 1.54) is 0 Å². The molecule has 0 radical (unpaired) electrons. The van der Waals surface area contributed by atoms with Crippen LogP contribution in [0.25, 0.3) is 0 Å². The van der Waals surface area contributed by atoms with Gasteiger partial charge in [0, 0.05) is 4.88 Å². The molecule has 3 nitrogen and oxygen atoms in total. The normalized spacial score (nSPS) is 9.00. The minimum Gasteiger partial charge on any atom is -0.493 e. The van der Waals surface area contributed by atoms with Gasteiger partial charge in [-0.15, -0.1) is 11.3 Å². The molecule has 0 fully saturated rings. The van der Waals surface area contributed by atoms with Crippen molar-refractivity contribution in [2.24, 2.45) is 0 Å². The van der Waals surface area contributed by atoms with E-state index in [-0.39, 0.29) is 6.42 Å². The molecule has 1 heterocycles. The van der Waals surface area contributed by atoms with Crippen LogP contribution in [0.2, 0.25) is 0 Å². The van der Waals surface area contributed by atoms with Crippen LogP contribution >= 0.6 is 11.3 Å². The summed E-state index contributed by atoms with van der Waals surface area (Å²) in [5.41, 5.74) is 0. The van der Waals surface area contributed by atoms with Crippen LogP contribution in [0.1, 0.15) is 32.1 Å². The Labute approximate surface area is 94.7 Å². The second-order valence-electron chi connectivity index (χ2n) is 2.53. The van der Waals surface area contributed by atoms with E-state index in [9.17, 15) is 4.79 Å². The topological polar surface area (TPSA) is 46.5 Å². The van der Waals surface area contributed by atoms with Crippen molar-refractivity contribution < 1.29 is 14.6 Å². The Balaban J connectivity index is 0.000000921. The fourth-order valence-corrected chi connectivity index (χ4v) is 1.83. The maximum Gasteiger partial charge on any atom is 0.303 e. The molecule has 0 unspecified atom stereocenters. The quantitative estimate of drug-likeness (QED) is 0.845. The molecule has 1 rings (SSSR count). The van der Waals surface area contributed by atoms with Crippen molar-refractivity contribution in [2.75, 3.05) is 6.61 Å². The van der Waals surface area contributed by atoms with Gasteiger partial charge in [0.1, 0.15) is 5.75 Å². The van der Waals surface area contributed by atoms with Crippen molar-refractivity contribution in [2.45, 2.75) is 33.6 Å². The average Bonchev–Trinajstić information content (AvgIpc) is 2.66. The van der Waals surface area contributed by atoms with E-state index >= 15 is 0 Å². The Morgan fingerprint density at radius 3 is 2.73 bits per heavy atom. The molecular formula is C11H18O3S. The number of thiophene rings is 1. The summed E-state index contributed by atoms with van der Waals surface area (Å²) in [5.74, 6) is 0.0598. The summed E-state index contributed by atoms with van der Waals surface area (Å²) in [6.45, 7) is 6.54. The molecule has 0 aliphatic rings. The van der Waals surface area contributed by atoms with Gasteiger partial charge >= 0.3 is 5.97 Å². The summed E-state index contributed by atoms with van der Waals surface area (Å²) in [6.07, 6.45) is 0.725. The van der Waals surface area contributed by atoms with Crippen molar-refractivity contribution in [3.8, 4) is 5.75 Å². The van der Waals surface area contributed by atoms with Gasteiger partial charge in [-0.25, -0.2) is 0 Å². The van der Waals surface area contributed by atoms with E-state index in [0.717, 1.165) is 10.6 Å². The first-order valence-electron chi connectivity index (χ1n) is 5.15. The fourth-order valence-electron chi connectivity index (χ4n) is 1.02. The lowest BCUT2D eigenvalue weighted by Gasteiger charge is -2.02. The van der Waals surface area contributed by atoms with Crippen LogP contribution in [-0.4, -0.2) is 17.7 Å². The highest BCUT2D eigenvalue weighted by Crippen LogP contribution is 2.25. The number of hydrogen-bond donors (Lipinski definition) is 1. The van der Waals surface area contributed by atoms with Gasteiger partial charge in [-0.1, -0.05) is 13.8 Å².